The number of phenolic OH excluding ortho intramolecular Hbond substituents is 1. The lowest BCUT2D eigenvalue weighted by molar-refractivity contribution is -0.145. The number of ketones is 2. The lowest BCUT2D eigenvalue weighted by Gasteiger charge is -2.24. The van der Waals surface area contributed by atoms with Crippen LogP contribution < -0.4 is 14.2 Å². The molecule has 2 aromatic rings. The molecule has 38 heavy (non-hydrogen) atoms. The summed E-state index contributed by atoms with van der Waals surface area (Å²) in [6, 6.07) is 6.78. The van der Waals surface area contributed by atoms with Gasteiger partial charge in [-0.3, -0.25) is 9.59 Å². The average Bonchev–Trinajstić information content (AvgIpc) is 2.88. The van der Waals surface area contributed by atoms with Crippen molar-refractivity contribution in [1.82, 2.24) is 0 Å². The van der Waals surface area contributed by atoms with Crippen molar-refractivity contribution in [3.63, 3.8) is 0 Å². The molecule has 0 bridgehead atoms. The molecule has 0 saturated carbocycles. The SMILES string of the molecule is CCCc1c(OCCCCCCCOc2cc3c(cc2C(C)=O)CCC(C(=O)O)O3)ccc(C(C)=O)c1O. The second kappa shape index (κ2) is 13.8. The van der Waals surface area contributed by atoms with Crippen LogP contribution in [0, 0.1) is 0 Å². The van der Waals surface area contributed by atoms with Crippen molar-refractivity contribution in [2.75, 3.05) is 13.2 Å². The highest BCUT2D eigenvalue weighted by Crippen LogP contribution is 2.35. The molecule has 0 aromatic heterocycles. The Labute approximate surface area is 223 Å². The number of unbranched alkanes of at least 4 members (excludes halogenated alkanes) is 4. The Balaban J connectivity index is 1.41. The van der Waals surface area contributed by atoms with Gasteiger partial charge in [0.1, 0.15) is 23.0 Å². The molecule has 0 fully saturated rings. The van der Waals surface area contributed by atoms with E-state index >= 15 is 0 Å². The summed E-state index contributed by atoms with van der Waals surface area (Å²) in [4.78, 5) is 35.1. The first-order valence-corrected chi connectivity index (χ1v) is 13.4. The summed E-state index contributed by atoms with van der Waals surface area (Å²) in [5, 5.41) is 19.7. The summed E-state index contributed by atoms with van der Waals surface area (Å²) in [7, 11) is 0. The molecule has 1 aliphatic rings. The Hall–Kier alpha value is -3.55. The van der Waals surface area contributed by atoms with Gasteiger partial charge in [-0.05, 0) is 69.7 Å². The van der Waals surface area contributed by atoms with Crippen LogP contribution >= 0.6 is 0 Å². The van der Waals surface area contributed by atoms with E-state index in [0.29, 0.717) is 66.4 Å². The molecular weight excluding hydrogens is 488 g/mol. The summed E-state index contributed by atoms with van der Waals surface area (Å²) in [6.07, 6.45) is 6.11. The van der Waals surface area contributed by atoms with Gasteiger partial charge in [-0.15, -0.1) is 0 Å². The van der Waals surface area contributed by atoms with Crippen LogP contribution in [0.25, 0.3) is 0 Å². The maximum absolute atomic E-state index is 12.1. The van der Waals surface area contributed by atoms with Crippen molar-refractivity contribution in [3.8, 4) is 23.0 Å². The normalized spacial score (nSPS) is 14.3. The number of hydrogen-bond acceptors (Lipinski definition) is 7. The third-order valence-electron chi connectivity index (χ3n) is 6.69. The van der Waals surface area contributed by atoms with E-state index in [1.807, 2.05) is 6.92 Å². The van der Waals surface area contributed by atoms with E-state index in [-0.39, 0.29) is 17.3 Å². The summed E-state index contributed by atoms with van der Waals surface area (Å²) in [5.74, 6) is 0.288. The van der Waals surface area contributed by atoms with Gasteiger partial charge in [0.2, 0.25) is 0 Å². The average molecular weight is 527 g/mol. The number of rotatable bonds is 15. The number of carboxylic acid groups (broad SMARTS) is 1. The van der Waals surface area contributed by atoms with Gasteiger partial charge in [0.15, 0.2) is 17.7 Å². The van der Waals surface area contributed by atoms with Crippen LogP contribution in [0.4, 0.5) is 0 Å². The minimum atomic E-state index is -0.996. The summed E-state index contributed by atoms with van der Waals surface area (Å²) in [5.41, 5.74) is 2.33. The van der Waals surface area contributed by atoms with Gasteiger partial charge >= 0.3 is 5.97 Å². The van der Waals surface area contributed by atoms with E-state index in [1.165, 1.54) is 13.8 Å². The van der Waals surface area contributed by atoms with Gasteiger partial charge in [0.25, 0.3) is 0 Å². The van der Waals surface area contributed by atoms with Gasteiger partial charge < -0.3 is 24.4 Å². The second-order valence-electron chi connectivity index (χ2n) is 9.70. The van der Waals surface area contributed by atoms with Crippen molar-refractivity contribution in [3.05, 3.63) is 46.5 Å². The third kappa shape index (κ3) is 7.49. The maximum Gasteiger partial charge on any atom is 0.344 e. The molecule has 8 nitrogen and oxygen atoms in total. The quantitative estimate of drug-likeness (QED) is 0.216. The smallest absolute Gasteiger partial charge is 0.344 e. The zero-order valence-electron chi connectivity index (χ0n) is 22.5. The Morgan fingerprint density at radius 1 is 0.921 bits per heavy atom. The van der Waals surface area contributed by atoms with Gasteiger partial charge in [0.05, 0.1) is 24.3 Å². The van der Waals surface area contributed by atoms with Gasteiger partial charge in [0, 0.05) is 11.6 Å². The topological polar surface area (TPSA) is 119 Å². The van der Waals surface area contributed by atoms with Gasteiger partial charge in [-0.2, -0.15) is 0 Å². The number of aromatic hydroxyl groups is 1. The van der Waals surface area contributed by atoms with Crippen molar-refractivity contribution in [2.45, 2.75) is 84.7 Å². The van der Waals surface area contributed by atoms with Crippen LogP contribution in [0.2, 0.25) is 0 Å². The van der Waals surface area contributed by atoms with E-state index in [1.54, 1.807) is 24.3 Å². The van der Waals surface area contributed by atoms with E-state index in [9.17, 15) is 24.6 Å². The van der Waals surface area contributed by atoms with Crippen LogP contribution in [0.15, 0.2) is 24.3 Å². The van der Waals surface area contributed by atoms with E-state index < -0.39 is 12.1 Å². The number of carboxylic acids is 1. The highest BCUT2D eigenvalue weighted by atomic mass is 16.5. The fourth-order valence-electron chi connectivity index (χ4n) is 4.61. The molecule has 0 spiro atoms. The largest absolute Gasteiger partial charge is 0.507 e. The molecule has 3 rings (SSSR count). The zero-order chi connectivity index (χ0) is 27.7. The predicted molar refractivity (Wildman–Crippen MR) is 143 cm³/mol. The van der Waals surface area contributed by atoms with Gasteiger partial charge in [-0.1, -0.05) is 32.6 Å². The highest BCUT2D eigenvalue weighted by Gasteiger charge is 2.27. The minimum Gasteiger partial charge on any atom is -0.507 e. The molecule has 1 heterocycles. The molecule has 1 aliphatic heterocycles. The summed E-state index contributed by atoms with van der Waals surface area (Å²) >= 11 is 0. The maximum atomic E-state index is 12.1. The van der Waals surface area contributed by atoms with Crippen molar-refractivity contribution in [2.24, 2.45) is 0 Å². The highest BCUT2D eigenvalue weighted by molar-refractivity contribution is 5.98. The number of Topliss-reactive ketones (excluding diaryl/α,β-unsaturated/α-hetero) is 2. The predicted octanol–water partition coefficient (Wildman–Crippen LogP) is 5.94. The fourth-order valence-corrected chi connectivity index (χ4v) is 4.61. The zero-order valence-corrected chi connectivity index (χ0v) is 22.5. The molecular formula is C30H38O8. The first kappa shape index (κ1) is 29.0. The Morgan fingerprint density at radius 2 is 1.55 bits per heavy atom. The number of phenols is 1. The van der Waals surface area contributed by atoms with Crippen LogP contribution in [0.5, 0.6) is 23.0 Å². The van der Waals surface area contributed by atoms with Crippen LogP contribution in [0.1, 0.15) is 97.6 Å². The monoisotopic (exact) mass is 526 g/mol. The van der Waals surface area contributed by atoms with E-state index in [0.717, 1.165) is 44.1 Å². The first-order chi connectivity index (χ1) is 18.2. The number of hydrogen-bond donors (Lipinski definition) is 2. The molecule has 206 valence electrons. The minimum absolute atomic E-state index is 0.0250. The lowest BCUT2D eigenvalue weighted by atomic mass is 9.98. The molecule has 1 unspecified atom stereocenters. The number of benzene rings is 2. The molecule has 2 N–H and O–H groups in total. The molecule has 0 aliphatic carbocycles. The van der Waals surface area contributed by atoms with Crippen LogP contribution in [-0.4, -0.2) is 47.1 Å². The Bertz CT molecular complexity index is 1150. The molecule has 0 saturated heterocycles. The number of ether oxygens (including phenoxy) is 3. The summed E-state index contributed by atoms with van der Waals surface area (Å²) in [6.45, 7) is 5.92. The number of fused-ring (bicyclic) bond motifs is 1. The van der Waals surface area contributed by atoms with Crippen LogP contribution in [0.3, 0.4) is 0 Å². The van der Waals surface area contributed by atoms with E-state index in [4.69, 9.17) is 14.2 Å². The van der Waals surface area contributed by atoms with Crippen molar-refractivity contribution in [1.29, 1.82) is 0 Å². The molecule has 0 radical (unpaired) electrons. The Morgan fingerprint density at radius 3 is 2.16 bits per heavy atom. The molecule has 8 heteroatoms. The van der Waals surface area contributed by atoms with Crippen molar-refractivity contribution < 1.29 is 38.8 Å². The third-order valence-corrected chi connectivity index (χ3v) is 6.69. The number of carbonyl (C=O) groups excluding carboxylic acids is 2. The first-order valence-electron chi connectivity index (χ1n) is 13.4. The number of carbonyl (C=O) groups is 3. The number of aryl methyl sites for hydroxylation is 1. The fraction of sp³-hybridized carbons (Fsp3) is 0.500. The molecule has 2 aromatic carbocycles. The molecule has 0 amide bonds. The van der Waals surface area contributed by atoms with Gasteiger partial charge in [-0.25, -0.2) is 4.79 Å². The van der Waals surface area contributed by atoms with Crippen molar-refractivity contribution >= 4 is 17.5 Å². The van der Waals surface area contributed by atoms with E-state index in [2.05, 4.69) is 0 Å². The molecule has 1 atom stereocenters. The Kier molecular flexibility index (Phi) is 10.6. The lowest BCUT2D eigenvalue weighted by Crippen LogP contribution is -2.31. The number of aliphatic carboxylic acids is 1. The second-order valence-corrected chi connectivity index (χ2v) is 9.70. The summed E-state index contributed by atoms with van der Waals surface area (Å²) < 4.78 is 17.4. The standard InChI is InChI=1S/C30H38O8/c1-4-10-23-25(14-12-22(19(2)31)29(23)33)36-15-8-6-5-7-9-16-37-28-18-27-21(17-24(28)20(3)32)11-13-26(38-27)30(34)35/h12,14,17-18,26,33H,4-11,13,15-16H2,1-3H3,(H,34,35). The van der Waals surface area contributed by atoms with Crippen LogP contribution in [-0.2, 0) is 17.6 Å².